The van der Waals surface area contributed by atoms with Gasteiger partial charge in [0.25, 0.3) is 0 Å². The number of methoxy groups -OCH3 is 2. The van der Waals surface area contributed by atoms with Crippen molar-refractivity contribution < 1.29 is 22.7 Å². The number of benzene rings is 1. The SMILES string of the molecule is CC[C@H](NC(=O)C1CCN(S(C)(=O)=O)CC1)c1ccc(OC)c(OC)c1. The largest absolute Gasteiger partial charge is 0.493 e. The van der Waals surface area contributed by atoms with Gasteiger partial charge in [0.1, 0.15) is 0 Å². The van der Waals surface area contributed by atoms with E-state index in [1.165, 1.54) is 10.6 Å². The minimum absolute atomic E-state index is 0.0280. The van der Waals surface area contributed by atoms with Crippen LogP contribution in [0.2, 0.25) is 0 Å². The number of nitrogens with zero attached hydrogens (tertiary/aromatic N) is 1. The fourth-order valence-corrected chi connectivity index (χ4v) is 4.10. The van der Waals surface area contributed by atoms with Crippen LogP contribution < -0.4 is 14.8 Å². The molecule has 1 atom stereocenters. The molecule has 1 aliphatic rings. The van der Waals surface area contributed by atoms with E-state index >= 15 is 0 Å². The van der Waals surface area contributed by atoms with Crippen LogP contribution in [0.1, 0.15) is 37.8 Å². The van der Waals surface area contributed by atoms with Gasteiger partial charge in [-0.2, -0.15) is 0 Å². The van der Waals surface area contributed by atoms with Crippen LogP contribution in [0.4, 0.5) is 0 Å². The summed E-state index contributed by atoms with van der Waals surface area (Å²) in [7, 11) is -0.0213. The van der Waals surface area contributed by atoms with Gasteiger partial charge in [-0.1, -0.05) is 13.0 Å². The number of nitrogens with one attached hydrogen (secondary N) is 1. The summed E-state index contributed by atoms with van der Waals surface area (Å²) in [6.45, 7) is 2.79. The summed E-state index contributed by atoms with van der Waals surface area (Å²) in [5.74, 6) is 1.08. The highest BCUT2D eigenvalue weighted by molar-refractivity contribution is 7.88. The van der Waals surface area contributed by atoms with Gasteiger partial charge in [-0.15, -0.1) is 0 Å². The first-order valence-electron chi connectivity index (χ1n) is 8.77. The van der Waals surface area contributed by atoms with Gasteiger partial charge >= 0.3 is 0 Å². The summed E-state index contributed by atoms with van der Waals surface area (Å²) < 4.78 is 35.2. The molecule has 1 aromatic carbocycles. The van der Waals surface area contributed by atoms with E-state index < -0.39 is 10.0 Å². The Hall–Kier alpha value is -1.80. The van der Waals surface area contributed by atoms with Crippen LogP contribution >= 0.6 is 0 Å². The number of amides is 1. The second-order valence-electron chi connectivity index (χ2n) is 6.52. The lowest BCUT2D eigenvalue weighted by molar-refractivity contribution is -0.126. The van der Waals surface area contributed by atoms with E-state index in [9.17, 15) is 13.2 Å². The third-order valence-corrected chi connectivity index (χ3v) is 6.13. The van der Waals surface area contributed by atoms with Gasteiger partial charge in [0, 0.05) is 19.0 Å². The van der Waals surface area contributed by atoms with Gasteiger partial charge in [0.05, 0.1) is 26.5 Å². The molecule has 1 heterocycles. The fraction of sp³-hybridized carbons (Fsp3) is 0.611. The average Bonchev–Trinajstić information content (AvgIpc) is 2.64. The van der Waals surface area contributed by atoms with Crippen LogP contribution in [-0.4, -0.2) is 52.2 Å². The van der Waals surface area contributed by atoms with Gasteiger partial charge in [-0.3, -0.25) is 4.79 Å². The van der Waals surface area contributed by atoms with Crippen molar-refractivity contribution >= 4 is 15.9 Å². The predicted octanol–water partition coefficient (Wildman–Crippen LogP) is 1.94. The molecule has 0 saturated carbocycles. The lowest BCUT2D eigenvalue weighted by atomic mass is 9.95. The van der Waals surface area contributed by atoms with Crippen molar-refractivity contribution in [2.24, 2.45) is 5.92 Å². The van der Waals surface area contributed by atoms with Gasteiger partial charge in [0.15, 0.2) is 11.5 Å². The quantitative estimate of drug-likeness (QED) is 0.777. The second kappa shape index (κ2) is 8.73. The van der Waals surface area contributed by atoms with E-state index in [1.54, 1.807) is 14.2 Å². The zero-order chi connectivity index (χ0) is 19.3. The van der Waals surface area contributed by atoms with E-state index in [0.717, 1.165) is 12.0 Å². The zero-order valence-corrected chi connectivity index (χ0v) is 16.6. The maximum Gasteiger partial charge on any atom is 0.223 e. The van der Waals surface area contributed by atoms with Crippen LogP contribution in [0.15, 0.2) is 18.2 Å². The Morgan fingerprint density at radius 2 is 1.85 bits per heavy atom. The van der Waals surface area contributed by atoms with E-state index in [4.69, 9.17) is 9.47 Å². The minimum Gasteiger partial charge on any atom is -0.493 e. The smallest absolute Gasteiger partial charge is 0.223 e. The highest BCUT2D eigenvalue weighted by Gasteiger charge is 2.30. The highest BCUT2D eigenvalue weighted by Crippen LogP contribution is 2.31. The molecule has 0 unspecified atom stereocenters. The minimum atomic E-state index is -3.18. The molecule has 8 heteroatoms. The van der Waals surface area contributed by atoms with Crippen molar-refractivity contribution in [1.29, 1.82) is 0 Å². The number of carbonyl (C=O) groups excluding carboxylic acids is 1. The number of rotatable bonds is 7. The van der Waals surface area contributed by atoms with Gasteiger partial charge < -0.3 is 14.8 Å². The number of piperidine rings is 1. The van der Waals surface area contributed by atoms with Crippen molar-refractivity contribution in [2.45, 2.75) is 32.2 Å². The van der Waals surface area contributed by atoms with E-state index in [2.05, 4.69) is 5.32 Å². The first kappa shape index (κ1) is 20.5. The summed E-state index contributed by atoms with van der Waals surface area (Å²) in [6, 6.07) is 5.49. The molecule has 1 aliphatic heterocycles. The lowest BCUT2D eigenvalue weighted by Gasteiger charge is -2.30. The molecule has 0 aliphatic carbocycles. The Labute approximate surface area is 155 Å². The Balaban J connectivity index is 2.03. The van der Waals surface area contributed by atoms with Crippen LogP contribution in [0, 0.1) is 5.92 Å². The predicted molar refractivity (Wildman–Crippen MR) is 99.9 cm³/mol. The second-order valence-corrected chi connectivity index (χ2v) is 8.50. The topological polar surface area (TPSA) is 84.9 Å². The summed E-state index contributed by atoms with van der Waals surface area (Å²) in [4.78, 5) is 12.6. The maximum atomic E-state index is 12.6. The third-order valence-electron chi connectivity index (χ3n) is 4.83. The van der Waals surface area contributed by atoms with Crippen molar-refractivity contribution in [2.75, 3.05) is 33.6 Å². The molecule has 1 aromatic rings. The lowest BCUT2D eigenvalue weighted by Crippen LogP contribution is -2.43. The Bertz CT molecular complexity index is 727. The Kier molecular flexibility index (Phi) is 6.88. The van der Waals surface area contributed by atoms with Crippen LogP contribution in [0.5, 0.6) is 11.5 Å². The molecule has 0 aromatic heterocycles. The summed E-state index contributed by atoms with van der Waals surface area (Å²) >= 11 is 0. The molecular formula is C18H28N2O5S. The number of sulfonamides is 1. The molecule has 26 heavy (non-hydrogen) atoms. The Morgan fingerprint density at radius 3 is 2.35 bits per heavy atom. The number of ether oxygens (including phenoxy) is 2. The van der Waals surface area contributed by atoms with Gasteiger partial charge in [-0.25, -0.2) is 12.7 Å². The monoisotopic (exact) mass is 384 g/mol. The summed E-state index contributed by atoms with van der Waals surface area (Å²) in [5, 5.41) is 3.09. The van der Waals surface area contributed by atoms with Crippen LogP contribution in [-0.2, 0) is 14.8 Å². The molecule has 0 radical (unpaired) electrons. The molecule has 0 bridgehead atoms. The normalized spacial score (nSPS) is 17.5. The molecule has 1 N–H and O–H groups in total. The first-order chi connectivity index (χ1) is 12.3. The van der Waals surface area contributed by atoms with Gasteiger partial charge in [-0.05, 0) is 37.0 Å². The third kappa shape index (κ3) is 4.88. The summed E-state index contributed by atoms with van der Waals surface area (Å²) in [5.41, 5.74) is 0.951. The number of hydrogen-bond donors (Lipinski definition) is 1. The molecule has 146 valence electrons. The molecule has 0 spiro atoms. The highest BCUT2D eigenvalue weighted by atomic mass is 32.2. The van der Waals surface area contributed by atoms with E-state index in [0.29, 0.717) is 37.4 Å². The van der Waals surface area contributed by atoms with Crippen molar-refractivity contribution in [3.05, 3.63) is 23.8 Å². The van der Waals surface area contributed by atoms with Crippen molar-refractivity contribution in [3.63, 3.8) is 0 Å². The van der Waals surface area contributed by atoms with E-state index in [1.807, 2.05) is 25.1 Å². The molecule has 1 saturated heterocycles. The van der Waals surface area contributed by atoms with Crippen LogP contribution in [0.25, 0.3) is 0 Å². The molecule has 2 rings (SSSR count). The molecule has 1 fully saturated rings. The zero-order valence-electron chi connectivity index (χ0n) is 15.8. The summed E-state index contributed by atoms with van der Waals surface area (Å²) in [6.07, 6.45) is 3.03. The van der Waals surface area contributed by atoms with Gasteiger partial charge in [0.2, 0.25) is 15.9 Å². The number of hydrogen-bond acceptors (Lipinski definition) is 5. The average molecular weight is 384 g/mol. The van der Waals surface area contributed by atoms with E-state index in [-0.39, 0.29) is 17.9 Å². The number of carbonyl (C=O) groups is 1. The van der Waals surface area contributed by atoms with Crippen molar-refractivity contribution in [1.82, 2.24) is 9.62 Å². The Morgan fingerprint density at radius 1 is 1.23 bits per heavy atom. The standard InChI is InChI=1S/C18H28N2O5S/c1-5-15(14-6-7-16(24-2)17(12-14)25-3)19-18(21)13-8-10-20(11-9-13)26(4,22)23/h6-7,12-13,15H,5,8-11H2,1-4H3,(H,19,21)/t15-/m0/s1. The first-order valence-corrected chi connectivity index (χ1v) is 10.6. The van der Waals surface area contributed by atoms with Crippen molar-refractivity contribution in [3.8, 4) is 11.5 Å². The molecule has 1 amide bonds. The van der Waals surface area contributed by atoms with Crippen LogP contribution in [0.3, 0.4) is 0 Å². The molecular weight excluding hydrogens is 356 g/mol. The maximum absolute atomic E-state index is 12.6. The molecule has 7 nitrogen and oxygen atoms in total. The fourth-order valence-electron chi connectivity index (χ4n) is 3.23.